The maximum atomic E-state index is 10.9. The van der Waals surface area contributed by atoms with Gasteiger partial charge in [0.15, 0.2) is 0 Å². The van der Waals surface area contributed by atoms with Crippen LogP contribution in [0.4, 0.5) is 0 Å². The van der Waals surface area contributed by atoms with Crippen LogP contribution in [0.25, 0.3) is 0 Å². The molecule has 1 fully saturated rings. The Bertz CT molecular complexity index is 341. The summed E-state index contributed by atoms with van der Waals surface area (Å²) in [4.78, 5) is 12.7. The topological polar surface area (TPSA) is 86.7 Å². The van der Waals surface area contributed by atoms with Gasteiger partial charge in [-0.3, -0.25) is 9.69 Å². The highest BCUT2D eigenvalue weighted by atomic mass is 32.2. The zero-order valence-electron chi connectivity index (χ0n) is 9.35. The van der Waals surface area contributed by atoms with Gasteiger partial charge in [-0.05, 0) is 6.42 Å². The van der Waals surface area contributed by atoms with E-state index in [0.717, 1.165) is 6.54 Å². The third kappa shape index (κ3) is 4.46. The lowest BCUT2D eigenvalue weighted by atomic mass is 10.2. The Morgan fingerprint density at radius 2 is 2.25 bits per heavy atom. The first-order valence-corrected chi connectivity index (χ1v) is 7.31. The summed E-state index contributed by atoms with van der Waals surface area (Å²) in [6.45, 7) is 2.35. The van der Waals surface area contributed by atoms with E-state index >= 15 is 0 Å². The van der Waals surface area contributed by atoms with Crippen molar-refractivity contribution < 1.29 is 18.3 Å². The summed E-state index contributed by atoms with van der Waals surface area (Å²) in [5.41, 5.74) is 0. The molecule has 1 aliphatic rings. The summed E-state index contributed by atoms with van der Waals surface area (Å²) in [6, 6.07) is -0.534. The number of carboxylic acid groups (broad SMARTS) is 1. The summed E-state index contributed by atoms with van der Waals surface area (Å²) < 4.78 is 21.9. The van der Waals surface area contributed by atoms with Crippen molar-refractivity contribution in [3.63, 3.8) is 0 Å². The average molecular weight is 250 g/mol. The minimum absolute atomic E-state index is 0.114. The molecule has 1 unspecified atom stereocenters. The first kappa shape index (κ1) is 13.4. The number of nitrogens with zero attached hydrogens (tertiary/aromatic N) is 1. The number of piperazine rings is 1. The number of sulfone groups is 1. The fourth-order valence-corrected chi connectivity index (χ4v) is 2.44. The van der Waals surface area contributed by atoms with Gasteiger partial charge < -0.3 is 10.4 Å². The summed E-state index contributed by atoms with van der Waals surface area (Å²) in [7, 11) is -2.95. The van der Waals surface area contributed by atoms with Gasteiger partial charge in [-0.15, -0.1) is 0 Å². The number of nitrogens with one attached hydrogen (secondary N) is 1. The number of aliphatic carboxylic acids is 1. The van der Waals surface area contributed by atoms with Crippen molar-refractivity contribution in [2.75, 3.05) is 38.2 Å². The maximum Gasteiger partial charge on any atom is 0.322 e. The summed E-state index contributed by atoms with van der Waals surface area (Å²) >= 11 is 0. The maximum absolute atomic E-state index is 10.9. The third-order valence-corrected chi connectivity index (χ3v) is 3.63. The Morgan fingerprint density at radius 3 is 2.81 bits per heavy atom. The summed E-state index contributed by atoms with van der Waals surface area (Å²) in [5, 5.41) is 12.0. The van der Waals surface area contributed by atoms with Crippen molar-refractivity contribution in [3.05, 3.63) is 0 Å². The fraction of sp³-hybridized carbons (Fsp3) is 0.889. The highest BCUT2D eigenvalue weighted by Gasteiger charge is 2.27. The largest absolute Gasteiger partial charge is 0.480 e. The van der Waals surface area contributed by atoms with Gasteiger partial charge >= 0.3 is 5.97 Å². The summed E-state index contributed by atoms with van der Waals surface area (Å²) in [5.74, 6) is -0.741. The lowest BCUT2D eigenvalue weighted by Gasteiger charge is -2.33. The molecule has 0 aromatic carbocycles. The average Bonchev–Trinajstić information content (AvgIpc) is 2.16. The third-order valence-electron chi connectivity index (χ3n) is 2.60. The Labute approximate surface area is 95.5 Å². The standard InChI is InChI=1S/C9H18N2O4S/c1-16(14,15)6-2-4-11-5-3-10-7-8(11)9(12)13/h8,10H,2-7H2,1H3,(H,12,13). The Hall–Kier alpha value is -0.660. The number of rotatable bonds is 5. The van der Waals surface area contributed by atoms with E-state index in [9.17, 15) is 13.2 Å². The predicted octanol–water partition coefficient (Wildman–Crippen LogP) is -1.22. The molecule has 1 saturated heterocycles. The van der Waals surface area contributed by atoms with Crippen molar-refractivity contribution in [1.29, 1.82) is 0 Å². The van der Waals surface area contributed by atoms with Crippen LogP contribution in [0.1, 0.15) is 6.42 Å². The first-order chi connectivity index (χ1) is 7.40. The van der Waals surface area contributed by atoms with Gasteiger partial charge in [0.05, 0.1) is 5.75 Å². The van der Waals surface area contributed by atoms with Gasteiger partial charge in [-0.25, -0.2) is 8.42 Å². The molecule has 0 spiro atoms. The van der Waals surface area contributed by atoms with Crippen LogP contribution < -0.4 is 5.32 Å². The van der Waals surface area contributed by atoms with Crippen molar-refractivity contribution in [3.8, 4) is 0 Å². The molecule has 6 nitrogen and oxygen atoms in total. The second-order valence-corrected chi connectivity index (χ2v) is 6.34. The molecule has 0 aromatic heterocycles. The number of hydrogen-bond donors (Lipinski definition) is 2. The second kappa shape index (κ2) is 5.60. The molecule has 94 valence electrons. The number of hydrogen-bond acceptors (Lipinski definition) is 5. The normalized spacial score (nSPS) is 23.2. The number of carbonyl (C=O) groups is 1. The van der Waals surface area contributed by atoms with Crippen LogP contribution in [0.3, 0.4) is 0 Å². The predicted molar refractivity (Wildman–Crippen MR) is 60.2 cm³/mol. The molecule has 0 aliphatic carbocycles. The van der Waals surface area contributed by atoms with E-state index in [1.165, 1.54) is 6.26 Å². The van der Waals surface area contributed by atoms with Crippen molar-refractivity contribution >= 4 is 15.8 Å². The Kier molecular flexibility index (Phi) is 4.69. The van der Waals surface area contributed by atoms with Gasteiger partial charge in [-0.1, -0.05) is 0 Å². The zero-order valence-corrected chi connectivity index (χ0v) is 10.2. The van der Waals surface area contributed by atoms with E-state index in [-0.39, 0.29) is 5.75 Å². The van der Waals surface area contributed by atoms with Crippen molar-refractivity contribution in [2.24, 2.45) is 0 Å². The highest BCUT2D eigenvalue weighted by Crippen LogP contribution is 2.05. The Morgan fingerprint density at radius 1 is 1.56 bits per heavy atom. The molecule has 16 heavy (non-hydrogen) atoms. The van der Waals surface area contributed by atoms with Crippen LogP contribution in [-0.2, 0) is 14.6 Å². The SMILES string of the molecule is CS(=O)(=O)CCCN1CCNCC1C(=O)O. The van der Waals surface area contributed by atoms with Crippen LogP contribution in [0, 0.1) is 0 Å². The van der Waals surface area contributed by atoms with Crippen LogP contribution in [0.2, 0.25) is 0 Å². The molecule has 0 aromatic rings. The van der Waals surface area contributed by atoms with Crippen molar-refractivity contribution in [1.82, 2.24) is 10.2 Å². The van der Waals surface area contributed by atoms with Gasteiger partial charge in [0.25, 0.3) is 0 Å². The van der Waals surface area contributed by atoms with E-state index in [4.69, 9.17) is 5.11 Å². The molecule has 0 saturated carbocycles. The molecule has 2 N–H and O–H groups in total. The molecule has 1 aliphatic heterocycles. The van der Waals surface area contributed by atoms with Gasteiger partial charge in [0, 0.05) is 32.4 Å². The van der Waals surface area contributed by atoms with Crippen molar-refractivity contribution in [2.45, 2.75) is 12.5 Å². The molecule has 0 amide bonds. The monoisotopic (exact) mass is 250 g/mol. The van der Waals surface area contributed by atoms with Crippen LogP contribution in [0.5, 0.6) is 0 Å². The molecule has 7 heteroatoms. The van der Waals surface area contributed by atoms with E-state index in [2.05, 4.69) is 5.32 Å². The smallest absolute Gasteiger partial charge is 0.322 e. The zero-order chi connectivity index (χ0) is 12.2. The van der Waals surface area contributed by atoms with E-state index in [1.54, 1.807) is 0 Å². The van der Waals surface area contributed by atoms with E-state index in [0.29, 0.717) is 26.1 Å². The molecular formula is C9H18N2O4S. The fourth-order valence-electron chi connectivity index (χ4n) is 1.79. The van der Waals surface area contributed by atoms with Crippen LogP contribution >= 0.6 is 0 Å². The lowest BCUT2D eigenvalue weighted by molar-refractivity contribution is -0.143. The molecular weight excluding hydrogens is 232 g/mol. The van der Waals surface area contributed by atoms with E-state index in [1.807, 2.05) is 4.90 Å². The minimum atomic E-state index is -2.95. The van der Waals surface area contributed by atoms with Gasteiger partial charge in [0.2, 0.25) is 0 Å². The van der Waals surface area contributed by atoms with Gasteiger partial charge in [0.1, 0.15) is 15.9 Å². The minimum Gasteiger partial charge on any atom is -0.480 e. The van der Waals surface area contributed by atoms with E-state index < -0.39 is 21.8 Å². The second-order valence-electron chi connectivity index (χ2n) is 4.08. The molecule has 0 bridgehead atoms. The van der Waals surface area contributed by atoms with Crippen LogP contribution in [0.15, 0.2) is 0 Å². The molecule has 1 rings (SSSR count). The number of carboxylic acids is 1. The molecule has 1 heterocycles. The lowest BCUT2D eigenvalue weighted by Crippen LogP contribution is -2.55. The molecule has 1 atom stereocenters. The van der Waals surface area contributed by atoms with Crippen LogP contribution in [-0.4, -0.2) is 68.6 Å². The summed E-state index contributed by atoms with van der Waals surface area (Å²) in [6.07, 6.45) is 1.68. The molecule has 0 radical (unpaired) electrons. The highest BCUT2D eigenvalue weighted by molar-refractivity contribution is 7.90. The first-order valence-electron chi connectivity index (χ1n) is 5.25. The van der Waals surface area contributed by atoms with Gasteiger partial charge in [-0.2, -0.15) is 0 Å². The Balaban J connectivity index is 2.41. The quantitative estimate of drug-likeness (QED) is 0.636.